The molecular formula is C8H8ClNO4. The number of carbonyl (C=O) groups is 1. The van der Waals surface area contributed by atoms with Crippen molar-refractivity contribution in [1.29, 1.82) is 0 Å². The Labute approximate surface area is 84.9 Å². The van der Waals surface area contributed by atoms with Crippen LogP contribution in [0.1, 0.15) is 10.4 Å². The molecule has 14 heavy (non-hydrogen) atoms. The van der Waals surface area contributed by atoms with Gasteiger partial charge in [-0.2, -0.15) is 0 Å². The molecule has 1 rings (SSSR count). The highest BCUT2D eigenvalue weighted by atomic mass is 35.5. The number of rotatable bonds is 4. The van der Waals surface area contributed by atoms with Gasteiger partial charge in [-0.15, -0.1) is 0 Å². The number of hydrogen-bond donors (Lipinski definition) is 2. The Bertz CT molecular complexity index is 342. The average Bonchev–Trinajstić information content (AvgIpc) is 2.15. The minimum atomic E-state index is -1.10. The molecule has 0 aliphatic heterocycles. The normalized spacial score (nSPS) is 9.86. The minimum absolute atomic E-state index is 0.00801. The lowest BCUT2D eigenvalue weighted by Crippen LogP contribution is -2.05. The number of aliphatic hydroxyl groups is 1. The summed E-state index contributed by atoms with van der Waals surface area (Å²) in [4.78, 5) is 14.2. The van der Waals surface area contributed by atoms with Gasteiger partial charge < -0.3 is 14.9 Å². The third-order valence-electron chi connectivity index (χ3n) is 1.38. The SMILES string of the molecule is O=C(O)c1cnc(OCCO)c(Cl)c1. The first-order valence-electron chi connectivity index (χ1n) is 3.77. The minimum Gasteiger partial charge on any atom is -0.478 e. The van der Waals surface area contributed by atoms with Crippen LogP contribution in [0.2, 0.25) is 5.02 Å². The standard InChI is InChI=1S/C8H8ClNO4/c9-6-3-5(8(12)13)4-10-7(6)14-2-1-11/h3-4,11H,1-2H2,(H,12,13). The van der Waals surface area contributed by atoms with Crippen molar-refractivity contribution in [2.75, 3.05) is 13.2 Å². The van der Waals surface area contributed by atoms with E-state index in [4.69, 9.17) is 26.6 Å². The van der Waals surface area contributed by atoms with Gasteiger partial charge in [0.1, 0.15) is 11.6 Å². The van der Waals surface area contributed by atoms with Crippen LogP contribution in [-0.4, -0.2) is 34.4 Å². The van der Waals surface area contributed by atoms with E-state index in [0.29, 0.717) is 0 Å². The fourth-order valence-electron chi connectivity index (χ4n) is 0.791. The zero-order valence-electron chi connectivity index (χ0n) is 7.11. The predicted octanol–water partition coefficient (Wildman–Crippen LogP) is 0.804. The lowest BCUT2D eigenvalue weighted by Gasteiger charge is -2.04. The lowest BCUT2D eigenvalue weighted by molar-refractivity contribution is 0.0696. The monoisotopic (exact) mass is 217 g/mol. The Kier molecular flexibility index (Phi) is 3.67. The van der Waals surface area contributed by atoms with Crippen molar-refractivity contribution in [2.24, 2.45) is 0 Å². The van der Waals surface area contributed by atoms with Gasteiger partial charge in [-0.25, -0.2) is 9.78 Å². The maximum absolute atomic E-state index is 10.5. The van der Waals surface area contributed by atoms with Gasteiger partial charge in [0.2, 0.25) is 5.88 Å². The molecule has 1 heterocycles. The maximum Gasteiger partial charge on any atom is 0.337 e. The summed E-state index contributed by atoms with van der Waals surface area (Å²) in [6.45, 7) is -0.0855. The van der Waals surface area contributed by atoms with Gasteiger partial charge in [0.05, 0.1) is 12.2 Å². The Balaban J connectivity index is 2.84. The third-order valence-corrected chi connectivity index (χ3v) is 1.66. The molecule has 0 aromatic carbocycles. The van der Waals surface area contributed by atoms with Crippen LogP contribution in [0.25, 0.3) is 0 Å². The van der Waals surface area contributed by atoms with Gasteiger partial charge in [0, 0.05) is 6.20 Å². The summed E-state index contributed by atoms with van der Waals surface area (Å²) >= 11 is 5.68. The molecule has 0 spiro atoms. The molecule has 0 aliphatic rings. The zero-order valence-corrected chi connectivity index (χ0v) is 7.86. The second kappa shape index (κ2) is 4.78. The van der Waals surface area contributed by atoms with E-state index in [0.717, 1.165) is 6.20 Å². The molecule has 0 saturated carbocycles. The number of carboxylic acid groups (broad SMARTS) is 1. The molecule has 0 radical (unpaired) electrons. The van der Waals surface area contributed by atoms with Gasteiger partial charge in [-0.1, -0.05) is 11.6 Å². The molecule has 0 bridgehead atoms. The van der Waals surface area contributed by atoms with Gasteiger partial charge in [-0.3, -0.25) is 0 Å². The third kappa shape index (κ3) is 2.58. The second-order valence-corrected chi connectivity index (χ2v) is 2.80. The number of ether oxygens (including phenoxy) is 1. The summed E-state index contributed by atoms with van der Waals surface area (Å²) in [5.41, 5.74) is -0.00801. The Hall–Kier alpha value is -1.33. The first-order valence-corrected chi connectivity index (χ1v) is 4.15. The molecule has 2 N–H and O–H groups in total. The fraction of sp³-hybridized carbons (Fsp3) is 0.250. The molecule has 0 unspecified atom stereocenters. The number of hydrogen-bond acceptors (Lipinski definition) is 4. The first-order chi connectivity index (χ1) is 6.65. The van der Waals surface area contributed by atoms with Gasteiger partial charge in [0.15, 0.2) is 0 Å². The molecule has 0 saturated heterocycles. The van der Waals surface area contributed by atoms with Crippen molar-refractivity contribution in [3.8, 4) is 5.88 Å². The highest BCUT2D eigenvalue weighted by molar-refractivity contribution is 6.32. The van der Waals surface area contributed by atoms with Crippen molar-refractivity contribution < 1.29 is 19.7 Å². The molecule has 5 nitrogen and oxygen atoms in total. The van der Waals surface area contributed by atoms with Gasteiger partial charge >= 0.3 is 5.97 Å². The average molecular weight is 218 g/mol. The lowest BCUT2D eigenvalue weighted by atomic mass is 10.3. The van der Waals surface area contributed by atoms with Crippen LogP contribution in [0.15, 0.2) is 12.3 Å². The summed E-state index contributed by atoms with van der Waals surface area (Å²) in [5.74, 6) is -0.987. The van der Waals surface area contributed by atoms with E-state index in [-0.39, 0.29) is 29.7 Å². The number of nitrogens with zero attached hydrogens (tertiary/aromatic N) is 1. The maximum atomic E-state index is 10.5. The molecule has 1 aromatic rings. The van der Waals surface area contributed by atoms with E-state index in [1.165, 1.54) is 6.07 Å². The molecule has 0 aliphatic carbocycles. The second-order valence-electron chi connectivity index (χ2n) is 2.39. The Morgan fingerprint density at radius 1 is 1.64 bits per heavy atom. The van der Waals surface area contributed by atoms with E-state index < -0.39 is 5.97 Å². The predicted molar refractivity (Wildman–Crippen MR) is 48.8 cm³/mol. The Morgan fingerprint density at radius 2 is 2.36 bits per heavy atom. The quantitative estimate of drug-likeness (QED) is 0.780. The summed E-state index contributed by atoms with van der Waals surface area (Å²) < 4.78 is 4.93. The van der Waals surface area contributed by atoms with Crippen LogP contribution in [0.4, 0.5) is 0 Å². The number of aromatic nitrogens is 1. The number of aromatic carboxylic acids is 1. The Morgan fingerprint density at radius 3 is 2.86 bits per heavy atom. The largest absolute Gasteiger partial charge is 0.478 e. The molecule has 0 atom stereocenters. The fourth-order valence-corrected chi connectivity index (χ4v) is 1.01. The van der Waals surface area contributed by atoms with Crippen LogP contribution in [0, 0.1) is 0 Å². The summed E-state index contributed by atoms with van der Waals surface area (Å²) in [6, 6.07) is 1.24. The molecule has 6 heteroatoms. The van der Waals surface area contributed by atoms with E-state index in [1.54, 1.807) is 0 Å². The van der Waals surface area contributed by atoms with E-state index >= 15 is 0 Å². The van der Waals surface area contributed by atoms with Crippen molar-refractivity contribution in [3.63, 3.8) is 0 Å². The number of aliphatic hydroxyl groups excluding tert-OH is 1. The molecular weight excluding hydrogens is 210 g/mol. The van der Waals surface area contributed by atoms with E-state index in [2.05, 4.69) is 4.98 Å². The first kappa shape index (κ1) is 10.7. The molecule has 1 aromatic heterocycles. The smallest absolute Gasteiger partial charge is 0.337 e. The summed E-state index contributed by atoms with van der Waals surface area (Å²) in [5, 5.41) is 17.2. The van der Waals surface area contributed by atoms with E-state index in [1.807, 2.05) is 0 Å². The molecule has 0 fully saturated rings. The van der Waals surface area contributed by atoms with Crippen molar-refractivity contribution in [2.45, 2.75) is 0 Å². The van der Waals surface area contributed by atoms with Crippen LogP contribution in [0.3, 0.4) is 0 Å². The van der Waals surface area contributed by atoms with Crippen LogP contribution in [0.5, 0.6) is 5.88 Å². The van der Waals surface area contributed by atoms with Crippen molar-refractivity contribution in [1.82, 2.24) is 4.98 Å². The van der Waals surface area contributed by atoms with Gasteiger partial charge in [0.25, 0.3) is 0 Å². The zero-order chi connectivity index (χ0) is 10.6. The molecule has 76 valence electrons. The van der Waals surface area contributed by atoms with Crippen molar-refractivity contribution in [3.05, 3.63) is 22.8 Å². The van der Waals surface area contributed by atoms with Crippen molar-refractivity contribution >= 4 is 17.6 Å². The highest BCUT2D eigenvalue weighted by Crippen LogP contribution is 2.22. The van der Waals surface area contributed by atoms with Crippen LogP contribution < -0.4 is 4.74 Å². The molecule has 0 amide bonds. The summed E-state index contributed by atoms with van der Waals surface area (Å²) in [6.07, 6.45) is 1.14. The van der Waals surface area contributed by atoms with Crippen LogP contribution in [-0.2, 0) is 0 Å². The highest BCUT2D eigenvalue weighted by Gasteiger charge is 2.08. The number of halogens is 1. The van der Waals surface area contributed by atoms with Gasteiger partial charge in [-0.05, 0) is 6.07 Å². The van der Waals surface area contributed by atoms with Crippen LogP contribution >= 0.6 is 11.6 Å². The van der Waals surface area contributed by atoms with E-state index in [9.17, 15) is 4.79 Å². The topological polar surface area (TPSA) is 79.7 Å². The number of carboxylic acids is 1. The number of pyridine rings is 1. The summed E-state index contributed by atoms with van der Waals surface area (Å²) in [7, 11) is 0.